The van der Waals surface area contributed by atoms with Gasteiger partial charge in [-0.1, -0.05) is 0 Å². The van der Waals surface area contributed by atoms with Gasteiger partial charge in [-0.15, -0.1) is 0 Å². The summed E-state index contributed by atoms with van der Waals surface area (Å²) in [6.45, 7) is 0. The molecule has 0 unspecified atom stereocenters. The molecule has 0 rings (SSSR count). The van der Waals surface area contributed by atoms with E-state index in [-0.39, 0.29) is 54.6 Å². The van der Waals surface area contributed by atoms with Crippen molar-refractivity contribution in [2.75, 3.05) is 0 Å². The van der Waals surface area contributed by atoms with Crippen molar-refractivity contribution < 1.29 is 54.6 Å². The molecule has 0 aromatic rings. The topological polar surface area (TPSA) is 0 Å². The predicted molar refractivity (Wildman–Crippen MR) is 0 cm³/mol. The first-order valence-electron chi connectivity index (χ1n) is 0. The third-order valence-corrected chi connectivity index (χ3v) is 0. The maximum atomic E-state index is 0. The first-order chi connectivity index (χ1) is 0. The second-order valence-electron chi connectivity index (χ2n) is 0. The van der Waals surface area contributed by atoms with Crippen LogP contribution in [-0.2, 0) is 0 Å². The van der Waals surface area contributed by atoms with Crippen LogP contribution in [0.15, 0.2) is 0 Å². The van der Waals surface area contributed by atoms with Gasteiger partial charge < -0.3 is 23.5 Å². The molecule has 0 spiro atoms. The van der Waals surface area contributed by atoms with Crippen LogP contribution in [0, 0.1) is 31.1 Å². The summed E-state index contributed by atoms with van der Waals surface area (Å²) in [5, 5.41) is 0. The van der Waals surface area contributed by atoms with Gasteiger partial charge in [-0.25, -0.2) is 0 Å². The Morgan fingerprint density at radius 3 is 0.333 bits per heavy atom. The first-order valence-corrected chi connectivity index (χ1v) is 0. The van der Waals surface area contributed by atoms with E-state index in [1.807, 2.05) is 0 Å². The Bertz CT molecular complexity index is 3.90. The Labute approximate surface area is 54.9 Å². The number of halogens is 5. The molecule has 6 heavy (non-hydrogen) atoms. The molecule has 0 aromatic heterocycles. The monoisotopic (exact) mass is 333 g/mol. The van der Waals surface area contributed by atoms with Crippen LogP contribution >= 0.6 is 0 Å². The molecular formula is F5U-5. The van der Waals surface area contributed by atoms with Crippen molar-refractivity contribution in [1.29, 1.82) is 0 Å². The van der Waals surface area contributed by atoms with Gasteiger partial charge in [0.25, 0.3) is 0 Å². The van der Waals surface area contributed by atoms with E-state index in [0.717, 1.165) is 0 Å². The normalized spacial score (nSPS) is 0. The van der Waals surface area contributed by atoms with Gasteiger partial charge in [0.15, 0.2) is 0 Å². The molecule has 0 nitrogen and oxygen atoms in total. The van der Waals surface area contributed by atoms with Gasteiger partial charge in [-0.05, 0) is 0 Å². The molecule has 0 saturated heterocycles. The Kier molecular flexibility index (Phi) is 18900. The van der Waals surface area contributed by atoms with E-state index in [2.05, 4.69) is 0 Å². The van der Waals surface area contributed by atoms with Crippen molar-refractivity contribution in [2.24, 2.45) is 0 Å². The fraction of sp³-hybridized carbons (Fsp3) is 0. The number of hydrogen-bond acceptors (Lipinski definition) is 0. The molecule has 0 fully saturated rings. The van der Waals surface area contributed by atoms with Crippen molar-refractivity contribution in [2.45, 2.75) is 0 Å². The summed E-state index contributed by atoms with van der Waals surface area (Å²) in [7, 11) is 0. The van der Waals surface area contributed by atoms with Crippen molar-refractivity contribution in [3.8, 4) is 0 Å². The summed E-state index contributed by atoms with van der Waals surface area (Å²) >= 11 is 0. The van der Waals surface area contributed by atoms with Crippen molar-refractivity contribution in [3.05, 3.63) is 0 Å². The second-order valence-corrected chi connectivity index (χ2v) is 0. The van der Waals surface area contributed by atoms with Crippen molar-refractivity contribution in [3.63, 3.8) is 0 Å². The molecule has 0 atom stereocenters. The molecule has 0 bridgehead atoms. The molecule has 0 radical (unpaired) electrons. The van der Waals surface area contributed by atoms with Gasteiger partial charge in [-0.3, -0.25) is 0 Å². The van der Waals surface area contributed by atoms with Crippen LogP contribution in [0.2, 0.25) is 0 Å². The van der Waals surface area contributed by atoms with Crippen LogP contribution in [0.25, 0.3) is 0 Å². The molecule has 0 aliphatic heterocycles. The van der Waals surface area contributed by atoms with E-state index in [1.165, 1.54) is 0 Å². The van der Waals surface area contributed by atoms with Crippen LogP contribution < -0.4 is 23.5 Å². The van der Waals surface area contributed by atoms with E-state index in [0.29, 0.717) is 0 Å². The van der Waals surface area contributed by atoms with Gasteiger partial charge in [-0.2, -0.15) is 0 Å². The molecule has 0 aromatic carbocycles. The molecule has 0 amide bonds. The molecule has 0 aliphatic rings. The quantitative estimate of drug-likeness (QED) is 0.387. The predicted octanol–water partition coefficient (Wildman–Crippen LogP) is -15.0. The number of rotatable bonds is 0. The smallest absolute Gasteiger partial charge is 0 e. The van der Waals surface area contributed by atoms with E-state index in [4.69, 9.17) is 0 Å². The molecule has 0 saturated carbocycles. The van der Waals surface area contributed by atoms with Gasteiger partial charge in [0.05, 0.1) is 0 Å². The van der Waals surface area contributed by atoms with E-state index in [9.17, 15) is 0 Å². The van der Waals surface area contributed by atoms with Gasteiger partial charge in [0.1, 0.15) is 0 Å². The van der Waals surface area contributed by atoms with Crippen LogP contribution in [0.4, 0.5) is 0 Å². The van der Waals surface area contributed by atoms with E-state index >= 15 is 0 Å². The van der Waals surface area contributed by atoms with Crippen molar-refractivity contribution in [1.82, 2.24) is 0 Å². The molecular weight excluding hydrogens is 333 g/mol. The minimum atomic E-state index is 0. The van der Waals surface area contributed by atoms with Crippen LogP contribution in [0.1, 0.15) is 0 Å². The second kappa shape index (κ2) is 256. The summed E-state index contributed by atoms with van der Waals surface area (Å²) in [5.74, 6) is 0. The molecule has 0 heterocycles. The Morgan fingerprint density at radius 1 is 0.333 bits per heavy atom. The minimum absolute atomic E-state index is 0. The fourth-order valence-electron chi connectivity index (χ4n) is 0. The zero-order valence-corrected chi connectivity index (χ0v) is 6.55. The summed E-state index contributed by atoms with van der Waals surface area (Å²) in [5.41, 5.74) is 0. The van der Waals surface area contributed by atoms with Gasteiger partial charge in [0.2, 0.25) is 0 Å². The third-order valence-electron chi connectivity index (χ3n) is 0. The summed E-state index contributed by atoms with van der Waals surface area (Å²) in [4.78, 5) is 0. The van der Waals surface area contributed by atoms with Crippen LogP contribution in [-0.4, -0.2) is 0 Å². The summed E-state index contributed by atoms with van der Waals surface area (Å²) < 4.78 is 0. The van der Waals surface area contributed by atoms with Gasteiger partial charge in [0, 0.05) is 31.1 Å². The average Bonchev–Trinajstić information content (AvgIpc) is 0. The third kappa shape index (κ3) is 131. The van der Waals surface area contributed by atoms with E-state index < -0.39 is 0 Å². The Morgan fingerprint density at radius 2 is 0.333 bits per heavy atom. The molecule has 6 heteroatoms. The van der Waals surface area contributed by atoms with Crippen LogP contribution in [0.3, 0.4) is 0 Å². The summed E-state index contributed by atoms with van der Waals surface area (Å²) in [6.07, 6.45) is 0. The maximum absolute atomic E-state index is 0. The average molecular weight is 333 g/mol. The zero-order chi connectivity index (χ0) is 0. The molecule has 44 valence electrons. The number of hydrogen-bond donors (Lipinski definition) is 0. The fourth-order valence-corrected chi connectivity index (χ4v) is 0. The molecule has 0 aliphatic carbocycles. The Hall–Kier alpha value is 0.702. The largest absolute Gasteiger partial charge is 1.00 e. The SMILES string of the molecule is [F-].[F-].[F-].[F-].[F-].[U]. The van der Waals surface area contributed by atoms with Crippen molar-refractivity contribution >= 4 is 0 Å². The Balaban J connectivity index is 0. The minimum Gasteiger partial charge on any atom is -1.00 e. The summed E-state index contributed by atoms with van der Waals surface area (Å²) in [6, 6.07) is 0. The first kappa shape index (κ1) is 442. The maximum Gasteiger partial charge on any atom is 0 e. The van der Waals surface area contributed by atoms with E-state index in [1.54, 1.807) is 0 Å². The zero-order valence-electron chi connectivity index (χ0n) is 2.39. The molecule has 0 N–H and O–H groups in total. The van der Waals surface area contributed by atoms with Crippen LogP contribution in [0.5, 0.6) is 0 Å². The van der Waals surface area contributed by atoms with Gasteiger partial charge >= 0.3 is 0 Å². The standard InChI is InChI=1S/5FH.U/h5*1H;/p-5.